The van der Waals surface area contributed by atoms with E-state index in [0.29, 0.717) is 48.1 Å². The van der Waals surface area contributed by atoms with E-state index in [2.05, 4.69) is 35.8 Å². The molecule has 13 nitrogen and oxygen atoms in total. The third-order valence-corrected chi connectivity index (χ3v) is 9.83. The van der Waals surface area contributed by atoms with Crippen LogP contribution in [0.5, 0.6) is 0 Å². The van der Waals surface area contributed by atoms with E-state index in [4.69, 9.17) is 4.74 Å². The molecule has 1 fully saturated rings. The molecule has 2 aromatic heterocycles. The highest BCUT2D eigenvalue weighted by molar-refractivity contribution is 5.95. The molecule has 1 aliphatic rings. The molecule has 0 aliphatic carbocycles. The number of hydrogen-bond donors (Lipinski definition) is 3. The quantitative estimate of drug-likeness (QED) is 0.120. The Labute approximate surface area is 338 Å². The summed E-state index contributed by atoms with van der Waals surface area (Å²) in [6.07, 6.45) is -8.45. The number of hydrogen-bond acceptors (Lipinski definition) is 9. The molecule has 6 rings (SSSR count). The molecular weight excluding hydrogens is 803 g/mol. The zero-order chi connectivity index (χ0) is 43.6. The van der Waals surface area contributed by atoms with E-state index >= 15 is 13.2 Å². The first-order valence-corrected chi connectivity index (χ1v) is 18.5. The summed E-state index contributed by atoms with van der Waals surface area (Å²) in [6.45, 7) is 8.19. The molecule has 1 aliphatic heterocycles. The number of H-pyrrole nitrogens is 1. The minimum Gasteiger partial charge on any atom is -0.436 e. The summed E-state index contributed by atoms with van der Waals surface area (Å²) in [5.41, 5.74) is -3.16. The van der Waals surface area contributed by atoms with Gasteiger partial charge in [-0.2, -0.15) is 26.6 Å². The number of halogens is 7. The predicted molar refractivity (Wildman–Crippen MR) is 207 cm³/mol. The summed E-state index contributed by atoms with van der Waals surface area (Å²) in [5.74, 6) is -7.50. The van der Waals surface area contributed by atoms with E-state index in [1.165, 1.54) is 12.3 Å². The lowest BCUT2D eigenvalue weighted by Crippen LogP contribution is -2.52. The van der Waals surface area contributed by atoms with Crippen molar-refractivity contribution >= 4 is 29.1 Å². The van der Waals surface area contributed by atoms with Crippen LogP contribution in [0.3, 0.4) is 0 Å². The Morgan fingerprint density at radius 3 is 1.90 bits per heavy atom. The molecule has 3 heterocycles. The number of aromatic nitrogens is 5. The van der Waals surface area contributed by atoms with Crippen molar-refractivity contribution in [3.05, 3.63) is 118 Å². The molecule has 20 heteroatoms. The van der Waals surface area contributed by atoms with Gasteiger partial charge in [0.1, 0.15) is 17.3 Å². The summed E-state index contributed by atoms with van der Waals surface area (Å²) < 4.78 is 106. The number of nitrogens with zero attached hydrogens (tertiary/aromatic N) is 6. The number of piperazine rings is 1. The summed E-state index contributed by atoms with van der Waals surface area (Å²) in [6, 6.07) is 18.4. The maximum atomic E-state index is 16.4. The van der Waals surface area contributed by atoms with Gasteiger partial charge in [0.05, 0.1) is 6.42 Å². The number of tetrazole rings is 1. The predicted octanol–water partition coefficient (Wildman–Crippen LogP) is 6.97. The van der Waals surface area contributed by atoms with Crippen LogP contribution in [0.4, 0.5) is 52.6 Å². The third-order valence-electron chi connectivity index (χ3n) is 9.83. The minimum atomic E-state index is -4.76. The van der Waals surface area contributed by atoms with Gasteiger partial charge in [-0.25, -0.2) is 23.5 Å². The van der Waals surface area contributed by atoms with E-state index in [9.17, 15) is 31.9 Å². The highest BCUT2D eigenvalue weighted by Gasteiger charge is 2.58. The molecule has 5 aromatic rings. The van der Waals surface area contributed by atoms with E-state index < -0.39 is 76.3 Å². The van der Waals surface area contributed by atoms with Gasteiger partial charge in [-0.3, -0.25) is 9.78 Å². The largest absolute Gasteiger partial charge is 0.436 e. The average Bonchev–Trinajstić information content (AvgIpc) is 3.62. The number of carbonyl (C=O) groups excluding carboxylic acids is 2. The van der Waals surface area contributed by atoms with Gasteiger partial charge in [0.2, 0.25) is 0 Å². The number of alkyl carbamates (subject to hydrolysis) is 1. The topological polar surface area (TPSA) is 150 Å². The highest BCUT2D eigenvalue weighted by atomic mass is 19.4. The lowest BCUT2D eigenvalue weighted by atomic mass is 9.83. The fourth-order valence-electron chi connectivity index (χ4n) is 6.72. The van der Waals surface area contributed by atoms with E-state index in [0.717, 1.165) is 36.5 Å². The van der Waals surface area contributed by atoms with Crippen molar-refractivity contribution in [2.24, 2.45) is 0 Å². The van der Waals surface area contributed by atoms with Gasteiger partial charge in [0, 0.05) is 72.2 Å². The molecular formula is C40H40F7N9O4. The molecule has 2 atom stereocenters. The molecule has 3 aromatic carbocycles. The van der Waals surface area contributed by atoms with Crippen molar-refractivity contribution in [1.82, 2.24) is 30.5 Å². The van der Waals surface area contributed by atoms with Gasteiger partial charge in [0.15, 0.2) is 11.6 Å². The van der Waals surface area contributed by atoms with Gasteiger partial charge in [-0.05, 0) is 92.2 Å². The minimum absolute atomic E-state index is 0.218. The third kappa shape index (κ3) is 9.52. The number of amides is 2. The van der Waals surface area contributed by atoms with Crippen LogP contribution < -0.4 is 26.1 Å². The maximum absolute atomic E-state index is 16.4. The number of alkyl halides is 5. The van der Waals surface area contributed by atoms with E-state index in [-0.39, 0.29) is 5.69 Å². The second-order valence-electron chi connectivity index (χ2n) is 15.3. The number of ether oxygens (including phenoxy) is 1. The Bertz CT molecular complexity index is 2360. The number of pyridine rings is 1. The zero-order valence-corrected chi connectivity index (χ0v) is 32.7. The van der Waals surface area contributed by atoms with Gasteiger partial charge in [0.25, 0.3) is 5.91 Å². The standard InChI is InChI=1S/C40H40F7N9O4/c1-37(2,3)50-36(59)60-32(22-39(43,44)45)34(57)49-27-9-13-29(14-10-27)55-19-17-54(18-20-55)28-11-5-24(6-12-28)25-7-16-33(48-23-25)40(46,47)38(4,56-35(58)51-52-53-56)30-15-8-26(41)21-31(30)42/h5-16,21,23,32H,17-20,22H2,1-4H3,(H,49,57)(H,50,59)(H,51,53,58)/t32?,38-/m1/s1. The number of nitrogens with one attached hydrogen (secondary N) is 3. The van der Waals surface area contributed by atoms with Crippen molar-refractivity contribution in [2.45, 2.75) is 63.4 Å². The van der Waals surface area contributed by atoms with Crippen molar-refractivity contribution in [3.8, 4) is 11.1 Å². The molecule has 318 valence electrons. The molecule has 0 bridgehead atoms. The number of aromatic amines is 1. The number of rotatable bonds is 11. The van der Waals surface area contributed by atoms with Gasteiger partial charge in [-0.1, -0.05) is 24.3 Å². The fourth-order valence-corrected chi connectivity index (χ4v) is 6.72. The first-order chi connectivity index (χ1) is 28.1. The van der Waals surface area contributed by atoms with Crippen molar-refractivity contribution in [2.75, 3.05) is 41.3 Å². The van der Waals surface area contributed by atoms with Crippen molar-refractivity contribution < 1.29 is 45.1 Å². The first-order valence-electron chi connectivity index (χ1n) is 18.5. The SMILES string of the molecule is CC(C)(C)NC(=O)OC(CC(F)(F)F)C(=O)Nc1ccc(N2CCN(c3ccc(-c4ccc(C(F)(F)[C@@](C)(c5ccc(F)cc5F)n5nn[nH]c5=O)nc4)cc3)CC2)cc1. The normalized spacial score (nSPS) is 15.2. The fraction of sp³-hybridized carbons (Fsp3) is 0.350. The van der Waals surface area contributed by atoms with Crippen LogP contribution in [0.15, 0.2) is 89.9 Å². The molecule has 3 N–H and O–H groups in total. The Kier molecular flexibility index (Phi) is 12.0. The Balaban J connectivity index is 1.07. The number of anilines is 3. The Morgan fingerprint density at radius 1 is 0.817 bits per heavy atom. The lowest BCUT2D eigenvalue weighted by molar-refractivity contribution is -0.161. The summed E-state index contributed by atoms with van der Waals surface area (Å²) in [4.78, 5) is 45.6. The van der Waals surface area contributed by atoms with Crippen LogP contribution in [0.25, 0.3) is 11.1 Å². The van der Waals surface area contributed by atoms with Gasteiger partial charge < -0.3 is 25.2 Å². The number of benzene rings is 3. The Morgan fingerprint density at radius 2 is 1.40 bits per heavy atom. The maximum Gasteiger partial charge on any atom is 0.408 e. The molecule has 60 heavy (non-hydrogen) atoms. The van der Waals surface area contributed by atoms with E-state index in [1.54, 1.807) is 57.2 Å². The van der Waals surface area contributed by atoms with Crippen LogP contribution in [0.2, 0.25) is 0 Å². The second kappa shape index (κ2) is 16.6. The lowest BCUT2D eigenvalue weighted by Gasteiger charge is -2.37. The zero-order valence-electron chi connectivity index (χ0n) is 32.7. The van der Waals surface area contributed by atoms with Crippen LogP contribution in [-0.4, -0.2) is 81.2 Å². The van der Waals surface area contributed by atoms with Crippen LogP contribution in [0.1, 0.15) is 45.4 Å². The second-order valence-corrected chi connectivity index (χ2v) is 15.3. The highest BCUT2D eigenvalue weighted by Crippen LogP contribution is 2.47. The first kappa shape index (κ1) is 43.1. The molecule has 2 amide bonds. The molecule has 0 saturated carbocycles. The molecule has 0 radical (unpaired) electrons. The monoisotopic (exact) mass is 843 g/mol. The molecule has 1 unspecified atom stereocenters. The molecule has 0 spiro atoms. The summed E-state index contributed by atoms with van der Waals surface area (Å²) in [7, 11) is 0. The van der Waals surface area contributed by atoms with Gasteiger partial charge >= 0.3 is 23.9 Å². The van der Waals surface area contributed by atoms with Crippen LogP contribution in [0, 0.1) is 11.6 Å². The summed E-state index contributed by atoms with van der Waals surface area (Å²) in [5, 5.41) is 13.4. The smallest absolute Gasteiger partial charge is 0.408 e. The number of carbonyl (C=O) groups is 2. The van der Waals surface area contributed by atoms with Crippen LogP contribution >= 0.6 is 0 Å². The van der Waals surface area contributed by atoms with Crippen molar-refractivity contribution in [3.63, 3.8) is 0 Å². The Hall–Kier alpha value is -6.47. The van der Waals surface area contributed by atoms with Crippen LogP contribution in [-0.2, 0) is 21.0 Å². The van der Waals surface area contributed by atoms with E-state index in [1.807, 2.05) is 17.2 Å². The molecule has 1 saturated heterocycles. The van der Waals surface area contributed by atoms with Crippen molar-refractivity contribution in [1.29, 1.82) is 0 Å². The summed E-state index contributed by atoms with van der Waals surface area (Å²) >= 11 is 0. The average molecular weight is 844 g/mol. The van der Waals surface area contributed by atoms with Gasteiger partial charge in [-0.15, -0.1) is 0 Å².